The summed E-state index contributed by atoms with van der Waals surface area (Å²) >= 11 is 5.98. The van der Waals surface area contributed by atoms with Gasteiger partial charge in [-0.1, -0.05) is 41.9 Å². The van der Waals surface area contributed by atoms with Gasteiger partial charge >= 0.3 is 0 Å². The average molecular weight is 420 g/mol. The highest BCUT2D eigenvalue weighted by Gasteiger charge is 2.24. The predicted octanol–water partition coefficient (Wildman–Crippen LogP) is 4.61. The highest BCUT2D eigenvalue weighted by atomic mass is 35.5. The Hall–Kier alpha value is -3.25. The van der Waals surface area contributed by atoms with E-state index in [0.29, 0.717) is 10.7 Å². The summed E-state index contributed by atoms with van der Waals surface area (Å²) in [5.41, 5.74) is 3.56. The standard InChI is InChI=1S/C23H22ClN5O/c24-17-9-7-15(8-10-17)20-13-22(28-27-20)29-11-3-5-18(14-29)25-23(30)21-12-16-4-1-2-6-19(16)26-21/h1-2,4,6-10,12-13,18,26H,3,5,11,14H2,(H,25,30)(H,27,28). The maximum absolute atomic E-state index is 12.7. The number of benzene rings is 2. The predicted molar refractivity (Wildman–Crippen MR) is 120 cm³/mol. The van der Waals surface area contributed by atoms with Crippen molar-refractivity contribution in [2.45, 2.75) is 18.9 Å². The summed E-state index contributed by atoms with van der Waals surface area (Å²) in [6.07, 6.45) is 1.96. The number of hydrogen-bond donors (Lipinski definition) is 3. The van der Waals surface area contributed by atoms with Crippen LogP contribution in [0.5, 0.6) is 0 Å². The zero-order valence-corrected chi connectivity index (χ0v) is 17.1. The fourth-order valence-corrected chi connectivity index (χ4v) is 4.14. The fourth-order valence-electron chi connectivity index (χ4n) is 4.01. The van der Waals surface area contributed by atoms with Crippen LogP contribution in [0.2, 0.25) is 5.02 Å². The Kier molecular flexibility index (Phi) is 4.93. The van der Waals surface area contributed by atoms with Crippen molar-refractivity contribution in [3.63, 3.8) is 0 Å². The number of piperidine rings is 1. The minimum Gasteiger partial charge on any atom is -0.353 e. The maximum Gasteiger partial charge on any atom is 0.268 e. The zero-order chi connectivity index (χ0) is 20.5. The molecule has 1 amide bonds. The number of aromatic amines is 2. The molecule has 1 aliphatic heterocycles. The number of anilines is 1. The number of nitrogens with zero attached hydrogens (tertiary/aromatic N) is 2. The van der Waals surface area contributed by atoms with E-state index >= 15 is 0 Å². The van der Waals surface area contributed by atoms with Crippen LogP contribution in [0.4, 0.5) is 5.82 Å². The molecule has 1 unspecified atom stereocenters. The van der Waals surface area contributed by atoms with Crippen molar-refractivity contribution in [1.82, 2.24) is 20.5 Å². The first kappa shape index (κ1) is 18.8. The number of nitrogens with one attached hydrogen (secondary N) is 3. The van der Waals surface area contributed by atoms with Crippen LogP contribution in [0.3, 0.4) is 0 Å². The summed E-state index contributed by atoms with van der Waals surface area (Å²) in [5, 5.41) is 12.5. The lowest BCUT2D eigenvalue weighted by atomic mass is 10.1. The van der Waals surface area contributed by atoms with Gasteiger partial charge in [0.1, 0.15) is 5.69 Å². The van der Waals surface area contributed by atoms with Gasteiger partial charge in [-0.3, -0.25) is 9.89 Å². The van der Waals surface area contributed by atoms with Gasteiger partial charge in [-0.15, -0.1) is 0 Å². The third-order valence-corrected chi connectivity index (χ3v) is 5.83. The number of amides is 1. The number of fused-ring (bicyclic) bond motifs is 1. The molecule has 1 aliphatic rings. The monoisotopic (exact) mass is 419 g/mol. The zero-order valence-electron chi connectivity index (χ0n) is 16.4. The van der Waals surface area contributed by atoms with Gasteiger partial charge in [0.25, 0.3) is 5.91 Å². The number of hydrogen-bond acceptors (Lipinski definition) is 3. The molecule has 5 rings (SSSR count). The van der Waals surface area contributed by atoms with Gasteiger partial charge in [-0.25, -0.2) is 0 Å². The van der Waals surface area contributed by atoms with Crippen molar-refractivity contribution in [2.24, 2.45) is 0 Å². The molecule has 152 valence electrons. The van der Waals surface area contributed by atoms with Gasteiger partial charge in [-0.05, 0) is 42.7 Å². The van der Waals surface area contributed by atoms with Crippen LogP contribution in [-0.4, -0.2) is 40.2 Å². The Bertz CT molecular complexity index is 1150. The summed E-state index contributed by atoms with van der Waals surface area (Å²) in [6, 6.07) is 19.6. The first-order valence-electron chi connectivity index (χ1n) is 10.1. The van der Waals surface area contributed by atoms with E-state index in [4.69, 9.17) is 11.6 Å². The van der Waals surface area contributed by atoms with Gasteiger partial charge in [0, 0.05) is 41.1 Å². The molecule has 4 aromatic rings. The van der Waals surface area contributed by atoms with E-state index in [1.165, 1.54) is 0 Å². The molecule has 0 radical (unpaired) electrons. The van der Waals surface area contributed by atoms with Crippen LogP contribution in [0.25, 0.3) is 22.2 Å². The van der Waals surface area contributed by atoms with E-state index in [1.54, 1.807) is 0 Å². The number of carbonyl (C=O) groups excluding carboxylic acids is 1. The third-order valence-electron chi connectivity index (χ3n) is 5.57. The lowest BCUT2D eigenvalue weighted by molar-refractivity contribution is 0.0929. The first-order valence-corrected chi connectivity index (χ1v) is 10.5. The quantitative estimate of drug-likeness (QED) is 0.452. The van der Waals surface area contributed by atoms with Crippen molar-refractivity contribution in [3.05, 3.63) is 71.4 Å². The van der Waals surface area contributed by atoms with Crippen LogP contribution in [0.15, 0.2) is 60.7 Å². The van der Waals surface area contributed by atoms with Crippen LogP contribution in [0, 0.1) is 0 Å². The Morgan fingerprint density at radius 1 is 1.13 bits per heavy atom. The Labute approximate surface area is 179 Å². The molecule has 3 N–H and O–H groups in total. The van der Waals surface area contributed by atoms with Crippen LogP contribution < -0.4 is 10.2 Å². The number of rotatable bonds is 4. The summed E-state index contributed by atoms with van der Waals surface area (Å²) in [5.74, 6) is 0.825. The molecule has 30 heavy (non-hydrogen) atoms. The second kappa shape index (κ2) is 7.88. The molecule has 1 saturated heterocycles. The smallest absolute Gasteiger partial charge is 0.268 e. The van der Waals surface area contributed by atoms with Crippen LogP contribution in [0.1, 0.15) is 23.3 Å². The van der Waals surface area contributed by atoms with Gasteiger partial charge in [0.15, 0.2) is 5.82 Å². The summed E-state index contributed by atoms with van der Waals surface area (Å²) in [6.45, 7) is 1.65. The molecule has 0 spiro atoms. The van der Waals surface area contributed by atoms with E-state index < -0.39 is 0 Å². The molecule has 6 nitrogen and oxygen atoms in total. The van der Waals surface area contributed by atoms with Crippen LogP contribution in [-0.2, 0) is 0 Å². The minimum atomic E-state index is -0.0677. The van der Waals surface area contributed by atoms with Gasteiger partial charge < -0.3 is 15.2 Å². The number of halogens is 1. The number of para-hydroxylation sites is 1. The lowest BCUT2D eigenvalue weighted by Crippen LogP contribution is -2.48. The fraction of sp³-hybridized carbons (Fsp3) is 0.217. The topological polar surface area (TPSA) is 76.8 Å². The second-order valence-corrected chi connectivity index (χ2v) is 8.11. The van der Waals surface area contributed by atoms with Gasteiger partial charge in [0.05, 0.1) is 5.69 Å². The Morgan fingerprint density at radius 2 is 1.97 bits per heavy atom. The highest BCUT2D eigenvalue weighted by Crippen LogP contribution is 2.25. The van der Waals surface area contributed by atoms with Gasteiger partial charge in [-0.2, -0.15) is 5.10 Å². The third kappa shape index (κ3) is 3.78. The number of H-pyrrole nitrogens is 2. The summed E-state index contributed by atoms with van der Waals surface area (Å²) in [4.78, 5) is 18.2. The van der Waals surface area contributed by atoms with Crippen molar-refractivity contribution in [2.75, 3.05) is 18.0 Å². The molecular weight excluding hydrogens is 398 g/mol. The molecule has 2 aromatic heterocycles. The average Bonchev–Trinajstić information content (AvgIpc) is 3.42. The highest BCUT2D eigenvalue weighted by molar-refractivity contribution is 6.30. The number of carbonyl (C=O) groups is 1. The van der Waals surface area contributed by atoms with E-state index in [-0.39, 0.29) is 11.9 Å². The van der Waals surface area contributed by atoms with Gasteiger partial charge in [0.2, 0.25) is 0 Å². The van der Waals surface area contributed by atoms with E-state index in [1.807, 2.05) is 60.7 Å². The minimum absolute atomic E-state index is 0.0677. The molecular formula is C23H22ClN5O. The van der Waals surface area contributed by atoms with E-state index in [9.17, 15) is 4.79 Å². The largest absolute Gasteiger partial charge is 0.353 e. The number of aromatic nitrogens is 3. The van der Waals surface area contributed by atoms with Crippen molar-refractivity contribution in [3.8, 4) is 11.3 Å². The Balaban J connectivity index is 1.27. The van der Waals surface area contributed by atoms with Crippen molar-refractivity contribution in [1.29, 1.82) is 0 Å². The van der Waals surface area contributed by atoms with Crippen molar-refractivity contribution < 1.29 is 4.79 Å². The van der Waals surface area contributed by atoms with E-state index in [2.05, 4.69) is 25.4 Å². The summed E-state index contributed by atoms with van der Waals surface area (Å²) in [7, 11) is 0. The molecule has 3 heterocycles. The molecule has 2 aromatic carbocycles. The maximum atomic E-state index is 12.7. The SMILES string of the molecule is O=C(NC1CCCN(c2cc(-c3ccc(Cl)cc3)[nH]n2)C1)c1cc2ccccc2[nH]1. The molecule has 0 aliphatic carbocycles. The summed E-state index contributed by atoms with van der Waals surface area (Å²) < 4.78 is 0. The molecule has 1 atom stereocenters. The molecule has 0 saturated carbocycles. The molecule has 7 heteroatoms. The lowest BCUT2D eigenvalue weighted by Gasteiger charge is -2.33. The van der Waals surface area contributed by atoms with E-state index in [0.717, 1.165) is 53.9 Å². The van der Waals surface area contributed by atoms with Crippen molar-refractivity contribution >= 4 is 34.2 Å². The second-order valence-electron chi connectivity index (χ2n) is 7.68. The first-order chi connectivity index (χ1) is 14.7. The molecule has 0 bridgehead atoms. The normalized spacial score (nSPS) is 16.7. The van der Waals surface area contributed by atoms with Crippen LogP contribution >= 0.6 is 11.6 Å². The molecule has 1 fully saturated rings. The Morgan fingerprint density at radius 3 is 2.80 bits per heavy atom.